The highest BCUT2D eigenvalue weighted by atomic mass is 19.5. The zero-order valence-electron chi connectivity index (χ0n) is 9.74. The van der Waals surface area contributed by atoms with Crippen LogP contribution in [-0.4, -0.2) is 45.1 Å². The lowest BCUT2D eigenvalue weighted by Gasteiger charge is -2.25. The van der Waals surface area contributed by atoms with Crippen LogP contribution < -0.4 is 0 Å². The number of alkyl halides is 13. The SMILES string of the molecule is C.C.CF.FC(F)(F)F.FCC(F)(OCC(F)(F)F)C(F)(F)F. The maximum Gasteiger partial charge on any atom is 0.559 e. The van der Waals surface area contributed by atoms with Gasteiger partial charge in [-0.3, -0.25) is 4.39 Å². The molecule has 0 aromatic carbocycles. The molecule has 0 fully saturated rings. The lowest BCUT2D eigenvalue weighted by Crippen LogP contribution is -2.47. The number of rotatable bonds is 3. The van der Waals surface area contributed by atoms with E-state index in [1.54, 1.807) is 0 Å². The van der Waals surface area contributed by atoms with E-state index in [1.807, 2.05) is 0 Å². The largest absolute Gasteiger partial charge is 0.559 e. The second-order valence-electron chi connectivity index (χ2n) is 2.69. The van der Waals surface area contributed by atoms with Crippen molar-refractivity contribution in [1.29, 1.82) is 0 Å². The molecule has 0 aromatic heterocycles. The fourth-order valence-corrected chi connectivity index (χ4v) is 0.392. The third-order valence-corrected chi connectivity index (χ3v) is 1.06. The first-order chi connectivity index (χ1) is 9.02. The van der Waals surface area contributed by atoms with Crippen LogP contribution in [0.25, 0.3) is 0 Å². The Morgan fingerprint density at radius 3 is 1.09 bits per heavy atom. The van der Waals surface area contributed by atoms with E-state index in [4.69, 9.17) is 0 Å². The highest BCUT2D eigenvalue weighted by molar-refractivity contribution is 4.77. The number of ether oxygens (including phenoxy) is 1. The van der Waals surface area contributed by atoms with Crippen LogP contribution >= 0.6 is 0 Å². The summed E-state index contributed by atoms with van der Waals surface area (Å²) in [5.74, 6) is -4.90. The fourth-order valence-electron chi connectivity index (χ4n) is 0.392. The molecule has 0 aliphatic heterocycles. The van der Waals surface area contributed by atoms with Gasteiger partial charge < -0.3 is 4.74 Å². The number of halogens is 13. The molecule has 0 saturated heterocycles. The average molecular weight is 386 g/mol. The molecule has 0 aliphatic carbocycles. The van der Waals surface area contributed by atoms with Crippen molar-refractivity contribution >= 4 is 0 Å². The topological polar surface area (TPSA) is 9.23 Å². The summed E-state index contributed by atoms with van der Waals surface area (Å²) in [5.41, 5.74) is 0. The minimum absolute atomic E-state index is 0. The summed E-state index contributed by atoms with van der Waals surface area (Å²) in [6, 6.07) is 0. The second-order valence-corrected chi connectivity index (χ2v) is 2.69. The van der Waals surface area contributed by atoms with Crippen molar-refractivity contribution < 1.29 is 61.8 Å². The summed E-state index contributed by atoms with van der Waals surface area (Å²) in [4.78, 5) is 0. The van der Waals surface area contributed by atoms with Crippen LogP contribution in [0, 0.1) is 0 Å². The van der Waals surface area contributed by atoms with Crippen molar-refractivity contribution in [3.05, 3.63) is 0 Å². The molecule has 0 aliphatic rings. The van der Waals surface area contributed by atoms with Crippen molar-refractivity contribution in [3.8, 4) is 0 Å². The summed E-state index contributed by atoms with van der Waals surface area (Å²) in [7, 11) is 0.500. The molecule has 148 valence electrons. The minimum atomic E-state index is -5.84. The first kappa shape index (κ1) is 33.6. The van der Waals surface area contributed by atoms with Crippen LogP contribution in [0.15, 0.2) is 0 Å². The van der Waals surface area contributed by atoms with E-state index >= 15 is 0 Å². The van der Waals surface area contributed by atoms with Crippen molar-refractivity contribution in [1.82, 2.24) is 0 Å². The zero-order valence-corrected chi connectivity index (χ0v) is 9.74. The molecule has 0 aromatic rings. The fraction of sp³-hybridized carbons (Fsp3) is 1.00. The smallest absolute Gasteiger partial charge is 0.327 e. The van der Waals surface area contributed by atoms with Crippen LogP contribution in [0.3, 0.4) is 0 Å². The highest BCUT2D eigenvalue weighted by Gasteiger charge is 2.59. The first-order valence-electron chi connectivity index (χ1n) is 4.17. The molecule has 14 heteroatoms. The lowest BCUT2D eigenvalue weighted by atomic mass is 10.3. The Kier molecular flexibility index (Phi) is 18.2. The van der Waals surface area contributed by atoms with Gasteiger partial charge in [0.2, 0.25) is 0 Å². The molecule has 1 atom stereocenters. The molecule has 1 unspecified atom stereocenters. The molecule has 1 nitrogen and oxygen atoms in total. The van der Waals surface area contributed by atoms with Crippen molar-refractivity contribution in [3.63, 3.8) is 0 Å². The summed E-state index contributed by atoms with van der Waals surface area (Å²) in [5, 5.41) is 0. The minimum Gasteiger partial charge on any atom is -0.327 e. The van der Waals surface area contributed by atoms with E-state index in [0.29, 0.717) is 7.18 Å². The maximum absolute atomic E-state index is 12.3. The van der Waals surface area contributed by atoms with Crippen molar-refractivity contribution in [2.75, 3.05) is 20.5 Å². The Morgan fingerprint density at radius 2 is 0.957 bits per heavy atom. The standard InChI is InChI=1S/C5H4F8O.CF4.CH3F.2CH4/c6-1-3(7,5(11,12)13)14-2-4(8,9)10;2-1(3,4)5;1-2;;/h1-2H2;;1H3;2*1H4. The van der Waals surface area contributed by atoms with Gasteiger partial charge in [0, 0.05) is 0 Å². The van der Waals surface area contributed by atoms with Gasteiger partial charge in [0.25, 0.3) is 0 Å². The molecular weight excluding hydrogens is 371 g/mol. The monoisotopic (exact) mass is 386 g/mol. The first-order valence-corrected chi connectivity index (χ1v) is 4.17. The van der Waals surface area contributed by atoms with Gasteiger partial charge in [0.15, 0.2) is 6.67 Å². The number of hydrogen-bond acceptors (Lipinski definition) is 1. The van der Waals surface area contributed by atoms with Crippen LogP contribution in [0.4, 0.5) is 57.1 Å². The molecule has 0 amide bonds. The molecule has 0 bridgehead atoms. The van der Waals surface area contributed by atoms with Crippen LogP contribution in [0.5, 0.6) is 0 Å². The van der Waals surface area contributed by atoms with Gasteiger partial charge in [0.05, 0.1) is 7.18 Å². The third kappa shape index (κ3) is 23.4. The van der Waals surface area contributed by atoms with Crippen molar-refractivity contribution in [2.24, 2.45) is 0 Å². The summed E-state index contributed by atoms with van der Waals surface area (Å²) < 4.78 is 144. The molecule has 0 radical (unpaired) electrons. The van der Waals surface area contributed by atoms with Gasteiger partial charge in [-0.05, 0) is 0 Å². The lowest BCUT2D eigenvalue weighted by molar-refractivity contribution is -0.354. The summed E-state index contributed by atoms with van der Waals surface area (Å²) in [6.07, 6.45) is -16.5. The Balaban J connectivity index is -0.000000103. The molecule has 23 heavy (non-hydrogen) atoms. The second kappa shape index (κ2) is 12.5. The number of hydrogen-bond donors (Lipinski definition) is 0. The normalized spacial score (nSPS) is 13.8. The maximum atomic E-state index is 12.3. The summed E-state index contributed by atoms with van der Waals surface area (Å²) >= 11 is 0. The van der Waals surface area contributed by atoms with E-state index in [2.05, 4.69) is 4.74 Å². The van der Waals surface area contributed by atoms with Crippen LogP contribution in [0.2, 0.25) is 0 Å². The molecule has 0 spiro atoms. The Bertz CT molecular complexity index is 250. The predicted octanol–water partition coefficient (Wildman–Crippen LogP) is 6.10. The van der Waals surface area contributed by atoms with Gasteiger partial charge in [0.1, 0.15) is 6.61 Å². The highest BCUT2D eigenvalue weighted by Crippen LogP contribution is 2.36. The van der Waals surface area contributed by atoms with Gasteiger partial charge in [-0.1, -0.05) is 14.9 Å². The summed E-state index contributed by atoms with van der Waals surface area (Å²) in [6.45, 7) is -5.24. The molecule has 0 saturated carbocycles. The van der Waals surface area contributed by atoms with E-state index in [9.17, 15) is 57.1 Å². The molecular formula is C9H15F13O. The van der Waals surface area contributed by atoms with E-state index in [0.717, 1.165) is 0 Å². The Hall–Kier alpha value is -0.950. The quantitative estimate of drug-likeness (QED) is 0.533. The van der Waals surface area contributed by atoms with Gasteiger partial charge >= 0.3 is 24.6 Å². The van der Waals surface area contributed by atoms with Crippen molar-refractivity contribution in [2.45, 2.75) is 39.5 Å². The Labute approximate surface area is 123 Å². The van der Waals surface area contributed by atoms with Crippen LogP contribution in [0.1, 0.15) is 14.9 Å². The molecule has 0 heterocycles. The van der Waals surface area contributed by atoms with E-state index in [1.165, 1.54) is 0 Å². The van der Waals surface area contributed by atoms with Gasteiger partial charge in [-0.2, -0.15) is 30.7 Å². The van der Waals surface area contributed by atoms with Gasteiger partial charge in [-0.15, -0.1) is 17.6 Å². The zero-order chi connectivity index (χ0) is 18.1. The van der Waals surface area contributed by atoms with E-state index in [-0.39, 0.29) is 14.9 Å². The molecule has 0 rings (SSSR count). The van der Waals surface area contributed by atoms with Crippen LogP contribution in [-0.2, 0) is 4.74 Å². The molecule has 0 N–H and O–H groups in total. The van der Waals surface area contributed by atoms with E-state index < -0.39 is 37.9 Å². The third-order valence-electron chi connectivity index (χ3n) is 1.06. The average Bonchev–Trinajstić information content (AvgIpc) is 2.24. The van der Waals surface area contributed by atoms with Gasteiger partial charge in [-0.25, -0.2) is 4.39 Å². The predicted molar refractivity (Wildman–Crippen MR) is 55.5 cm³/mol. The Morgan fingerprint density at radius 1 is 0.696 bits per heavy atom.